The van der Waals surface area contributed by atoms with E-state index in [9.17, 15) is 9.18 Å². The number of hydrogen-bond donors (Lipinski definition) is 1. The Labute approximate surface area is 104 Å². The van der Waals surface area contributed by atoms with Crippen LogP contribution >= 0.6 is 11.6 Å². The standard InChI is InChI=1S/C12H12ClFN2O/c13-12(14)8-9(12)4-3-6-11(17)16-10-5-1-2-7-15-10/h1-3,5-7,9H,4,8H2,(H,15,16,17). The molecule has 1 aliphatic carbocycles. The minimum Gasteiger partial charge on any atom is -0.307 e. The fourth-order valence-corrected chi connectivity index (χ4v) is 1.74. The smallest absolute Gasteiger partial charge is 0.249 e. The summed E-state index contributed by atoms with van der Waals surface area (Å²) >= 11 is 5.44. The lowest BCUT2D eigenvalue weighted by atomic mass is 10.2. The average Bonchev–Trinajstić information content (AvgIpc) is 2.88. The van der Waals surface area contributed by atoms with Crippen molar-refractivity contribution in [1.29, 1.82) is 0 Å². The Morgan fingerprint density at radius 2 is 2.47 bits per heavy atom. The molecule has 90 valence electrons. The lowest BCUT2D eigenvalue weighted by Crippen LogP contribution is -2.08. The second-order valence-corrected chi connectivity index (χ2v) is 4.63. The number of aromatic nitrogens is 1. The molecule has 0 bridgehead atoms. The van der Waals surface area contributed by atoms with E-state index in [1.165, 1.54) is 6.08 Å². The largest absolute Gasteiger partial charge is 0.307 e. The highest BCUT2D eigenvalue weighted by Gasteiger charge is 2.52. The molecule has 2 rings (SSSR count). The Kier molecular flexibility index (Phi) is 3.43. The molecule has 0 saturated heterocycles. The van der Waals surface area contributed by atoms with E-state index < -0.39 is 5.13 Å². The Hall–Kier alpha value is -1.42. The molecule has 5 heteroatoms. The van der Waals surface area contributed by atoms with Crippen molar-refractivity contribution < 1.29 is 9.18 Å². The minimum atomic E-state index is -1.55. The van der Waals surface area contributed by atoms with Gasteiger partial charge in [-0.05, 0) is 24.6 Å². The van der Waals surface area contributed by atoms with Crippen molar-refractivity contribution in [2.75, 3.05) is 5.32 Å². The predicted molar refractivity (Wildman–Crippen MR) is 64.4 cm³/mol. The highest BCUT2D eigenvalue weighted by atomic mass is 35.5. The normalized spacial score (nSPS) is 27.1. The molecule has 1 N–H and O–H groups in total. The summed E-state index contributed by atoms with van der Waals surface area (Å²) in [6.45, 7) is 0. The first-order valence-corrected chi connectivity index (χ1v) is 5.72. The van der Waals surface area contributed by atoms with Crippen LogP contribution in [-0.2, 0) is 4.79 Å². The highest BCUT2D eigenvalue weighted by Crippen LogP contribution is 2.52. The van der Waals surface area contributed by atoms with Gasteiger partial charge < -0.3 is 5.32 Å². The molecule has 1 aromatic rings. The summed E-state index contributed by atoms with van der Waals surface area (Å²) in [6.07, 6.45) is 5.44. The number of pyridine rings is 1. The van der Waals surface area contributed by atoms with Crippen molar-refractivity contribution in [3.8, 4) is 0 Å². The number of nitrogens with one attached hydrogen (secondary N) is 1. The average molecular weight is 255 g/mol. The maximum atomic E-state index is 13.0. The van der Waals surface area contributed by atoms with E-state index in [0.717, 1.165) is 0 Å². The minimum absolute atomic E-state index is 0.164. The van der Waals surface area contributed by atoms with Crippen molar-refractivity contribution in [2.45, 2.75) is 18.0 Å². The molecule has 0 aliphatic heterocycles. The summed E-state index contributed by atoms with van der Waals surface area (Å²) in [5.41, 5.74) is 0. The van der Waals surface area contributed by atoms with Gasteiger partial charge in [0, 0.05) is 18.5 Å². The molecule has 0 radical (unpaired) electrons. The summed E-state index contributed by atoms with van der Waals surface area (Å²) in [4.78, 5) is 15.4. The Balaban J connectivity index is 1.76. The van der Waals surface area contributed by atoms with Crippen molar-refractivity contribution >= 4 is 23.3 Å². The first-order chi connectivity index (χ1) is 8.08. The second-order valence-electron chi connectivity index (χ2n) is 4.00. The summed E-state index contributed by atoms with van der Waals surface area (Å²) in [5, 5.41) is 1.04. The van der Waals surface area contributed by atoms with Crippen LogP contribution in [0, 0.1) is 5.92 Å². The second kappa shape index (κ2) is 4.84. The third kappa shape index (κ3) is 3.53. The van der Waals surface area contributed by atoms with Gasteiger partial charge >= 0.3 is 0 Å². The Morgan fingerprint density at radius 3 is 3.06 bits per heavy atom. The molecule has 1 aromatic heterocycles. The quantitative estimate of drug-likeness (QED) is 0.663. The zero-order chi connectivity index (χ0) is 12.3. The lowest BCUT2D eigenvalue weighted by molar-refractivity contribution is -0.111. The van der Waals surface area contributed by atoms with Crippen molar-refractivity contribution in [3.05, 3.63) is 36.5 Å². The number of alkyl halides is 2. The van der Waals surface area contributed by atoms with Gasteiger partial charge in [0.1, 0.15) is 5.82 Å². The van der Waals surface area contributed by atoms with E-state index in [0.29, 0.717) is 18.7 Å². The van der Waals surface area contributed by atoms with Crippen LogP contribution in [0.5, 0.6) is 0 Å². The van der Waals surface area contributed by atoms with Crippen molar-refractivity contribution in [1.82, 2.24) is 4.98 Å². The lowest BCUT2D eigenvalue weighted by Gasteiger charge is -1.99. The molecule has 1 aliphatic rings. The van der Waals surface area contributed by atoms with Crippen LogP contribution in [0.25, 0.3) is 0 Å². The van der Waals surface area contributed by atoms with E-state index in [1.807, 2.05) is 0 Å². The van der Waals surface area contributed by atoms with Gasteiger partial charge in [-0.2, -0.15) is 0 Å². The van der Waals surface area contributed by atoms with Crippen LogP contribution in [0.2, 0.25) is 0 Å². The summed E-state index contributed by atoms with van der Waals surface area (Å²) in [5.74, 6) is 0.0530. The SMILES string of the molecule is O=C(C=CCC1CC1(F)Cl)Nc1ccccn1. The van der Waals surface area contributed by atoms with Gasteiger partial charge in [0.05, 0.1) is 0 Å². The van der Waals surface area contributed by atoms with Crippen molar-refractivity contribution in [3.63, 3.8) is 0 Å². The fourth-order valence-electron chi connectivity index (χ4n) is 1.47. The molecule has 1 saturated carbocycles. The predicted octanol–water partition coefficient (Wildman–Crippen LogP) is 2.89. The summed E-state index contributed by atoms with van der Waals surface area (Å²) < 4.78 is 13.0. The third-order valence-corrected chi connectivity index (χ3v) is 3.02. The zero-order valence-electron chi connectivity index (χ0n) is 9.07. The monoisotopic (exact) mass is 254 g/mol. The molecule has 2 unspecified atom stereocenters. The number of amides is 1. The van der Waals surface area contributed by atoms with Crippen LogP contribution in [0.1, 0.15) is 12.8 Å². The van der Waals surface area contributed by atoms with Gasteiger partial charge in [-0.1, -0.05) is 23.7 Å². The molecule has 17 heavy (non-hydrogen) atoms. The first-order valence-electron chi connectivity index (χ1n) is 5.34. The molecule has 3 nitrogen and oxygen atoms in total. The first kappa shape index (κ1) is 12.0. The summed E-state index contributed by atoms with van der Waals surface area (Å²) in [7, 11) is 0. The van der Waals surface area contributed by atoms with Crippen molar-refractivity contribution in [2.24, 2.45) is 5.92 Å². The van der Waals surface area contributed by atoms with Gasteiger partial charge in [0.15, 0.2) is 5.13 Å². The van der Waals surface area contributed by atoms with E-state index in [-0.39, 0.29) is 11.8 Å². The number of hydrogen-bond acceptors (Lipinski definition) is 2. The molecular formula is C12H12ClFN2O. The molecule has 0 aromatic carbocycles. The van der Waals surface area contributed by atoms with Gasteiger partial charge in [-0.3, -0.25) is 4.79 Å². The third-order valence-electron chi connectivity index (χ3n) is 2.56. The van der Waals surface area contributed by atoms with Gasteiger partial charge in [-0.25, -0.2) is 9.37 Å². The van der Waals surface area contributed by atoms with E-state index in [1.54, 1.807) is 30.5 Å². The number of halogens is 2. The van der Waals surface area contributed by atoms with E-state index >= 15 is 0 Å². The molecule has 1 fully saturated rings. The number of allylic oxidation sites excluding steroid dienone is 1. The van der Waals surface area contributed by atoms with E-state index in [4.69, 9.17) is 11.6 Å². The Bertz CT molecular complexity index is 433. The van der Waals surface area contributed by atoms with E-state index in [2.05, 4.69) is 10.3 Å². The van der Waals surface area contributed by atoms with Crippen LogP contribution in [0.3, 0.4) is 0 Å². The molecule has 1 amide bonds. The highest BCUT2D eigenvalue weighted by molar-refractivity contribution is 6.25. The zero-order valence-corrected chi connectivity index (χ0v) is 9.82. The number of carbonyl (C=O) groups excluding carboxylic acids is 1. The van der Waals surface area contributed by atoms with Crippen LogP contribution in [0.15, 0.2) is 36.5 Å². The maximum absolute atomic E-state index is 13.0. The van der Waals surface area contributed by atoms with Gasteiger partial charge in [0.2, 0.25) is 5.91 Å². The maximum Gasteiger partial charge on any atom is 0.249 e. The van der Waals surface area contributed by atoms with Crippen LogP contribution < -0.4 is 5.32 Å². The molecular weight excluding hydrogens is 243 g/mol. The number of rotatable bonds is 4. The molecule has 0 spiro atoms. The number of anilines is 1. The van der Waals surface area contributed by atoms with Gasteiger partial charge in [-0.15, -0.1) is 0 Å². The number of carbonyl (C=O) groups is 1. The van der Waals surface area contributed by atoms with Gasteiger partial charge in [0.25, 0.3) is 0 Å². The number of nitrogens with zero attached hydrogens (tertiary/aromatic N) is 1. The Morgan fingerprint density at radius 1 is 1.71 bits per heavy atom. The molecule has 1 heterocycles. The summed E-state index contributed by atoms with van der Waals surface area (Å²) in [6, 6.07) is 5.24. The molecule has 2 atom stereocenters. The fraction of sp³-hybridized carbons (Fsp3) is 0.333. The van der Waals surface area contributed by atoms with Crippen LogP contribution in [-0.4, -0.2) is 16.0 Å². The van der Waals surface area contributed by atoms with Crippen LogP contribution in [0.4, 0.5) is 10.2 Å². The topological polar surface area (TPSA) is 42.0 Å².